The van der Waals surface area contributed by atoms with Gasteiger partial charge in [0, 0.05) is 5.69 Å². The highest BCUT2D eigenvalue weighted by Crippen LogP contribution is 2.38. The lowest BCUT2D eigenvalue weighted by Crippen LogP contribution is -2.27. The molecule has 0 aliphatic rings. The molecule has 0 unspecified atom stereocenters. The fourth-order valence-electron chi connectivity index (χ4n) is 2.46. The number of carbonyl (C=O) groups is 1. The summed E-state index contributed by atoms with van der Waals surface area (Å²) in [4.78, 5) is 19.8. The van der Waals surface area contributed by atoms with E-state index in [-0.39, 0.29) is 11.0 Å². The molecule has 0 atom stereocenters. The first-order chi connectivity index (χ1) is 12.7. The molecule has 0 bridgehead atoms. The summed E-state index contributed by atoms with van der Waals surface area (Å²) in [5.41, 5.74) is 0.645. The van der Waals surface area contributed by atoms with Gasteiger partial charge in [-0.15, -0.1) is 6.58 Å². The van der Waals surface area contributed by atoms with Gasteiger partial charge in [-0.25, -0.2) is 19.2 Å². The molecule has 0 spiro atoms. The first-order valence-corrected chi connectivity index (χ1v) is 8.53. The van der Waals surface area contributed by atoms with Crippen molar-refractivity contribution < 1.29 is 18.7 Å². The molecule has 0 radical (unpaired) electrons. The largest absolute Gasteiger partial charge is 0.496 e. The highest BCUT2D eigenvalue weighted by Gasteiger charge is 2.23. The average molecular weight is 394 g/mol. The van der Waals surface area contributed by atoms with Crippen molar-refractivity contribution in [3.8, 4) is 17.0 Å². The predicted molar refractivity (Wildman–Crippen MR) is 103 cm³/mol. The molecule has 8 heteroatoms. The first kappa shape index (κ1) is 20.6. The van der Waals surface area contributed by atoms with Crippen LogP contribution >= 0.6 is 11.6 Å². The Kier molecular flexibility index (Phi) is 6.38. The van der Waals surface area contributed by atoms with Gasteiger partial charge in [-0.3, -0.25) is 5.32 Å². The number of halogens is 2. The molecule has 1 N–H and O–H groups in total. The van der Waals surface area contributed by atoms with E-state index in [0.29, 0.717) is 29.0 Å². The molecule has 0 aliphatic carbocycles. The Balaban J connectivity index is 2.62. The maximum absolute atomic E-state index is 14.4. The van der Waals surface area contributed by atoms with Crippen molar-refractivity contribution in [2.75, 3.05) is 12.4 Å². The number of methoxy groups -OCH3 is 1. The lowest BCUT2D eigenvalue weighted by atomic mass is 9.97. The highest BCUT2D eigenvalue weighted by atomic mass is 35.5. The second-order valence-corrected chi connectivity index (χ2v) is 6.96. The number of benzene rings is 1. The molecule has 1 amide bonds. The van der Waals surface area contributed by atoms with Crippen LogP contribution in [0.3, 0.4) is 0 Å². The number of amides is 1. The molecule has 0 saturated carbocycles. The van der Waals surface area contributed by atoms with Crippen molar-refractivity contribution in [1.82, 2.24) is 9.97 Å². The molecule has 27 heavy (non-hydrogen) atoms. The van der Waals surface area contributed by atoms with Crippen LogP contribution in [0, 0.1) is 5.82 Å². The van der Waals surface area contributed by atoms with Gasteiger partial charge in [0.2, 0.25) is 5.28 Å². The lowest BCUT2D eigenvalue weighted by Gasteiger charge is -2.22. The van der Waals surface area contributed by atoms with Crippen LogP contribution in [0.1, 0.15) is 26.3 Å². The van der Waals surface area contributed by atoms with Crippen LogP contribution in [-0.2, 0) is 11.2 Å². The number of anilines is 1. The van der Waals surface area contributed by atoms with Gasteiger partial charge < -0.3 is 9.47 Å². The maximum atomic E-state index is 14.4. The Labute approximate surface area is 162 Å². The van der Waals surface area contributed by atoms with Crippen LogP contribution < -0.4 is 10.1 Å². The minimum atomic E-state index is -0.669. The van der Waals surface area contributed by atoms with Gasteiger partial charge in [0.05, 0.1) is 18.9 Å². The molecule has 1 aromatic carbocycles. The zero-order valence-electron chi connectivity index (χ0n) is 15.6. The molecular formula is C19H21ClFN3O3. The van der Waals surface area contributed by atoms with E-state index in [2.05, 4.69) is 21.9 Å². The van der Waals surface area contributed by atoms with Crippen molar-refractivity contribution in [2.24, 2.45) is 0 Å². The zero-order valence-corrected chi connectivity index (χ0v) is 16.4. The second-order valence-electron chi connectivity index (χ2n) is 6.62. The third kappa shape index (κ3) is 5.17. The van der Waals surface area contributed by atoms with Crippen LogP contribution in [0.25, 0.3) is 11.3 Å². The first-order valence-electron chi connectivity index (χ1n) is 8.15. The molecule has 1 heterocycles. The summed E-state index contributed by atoms with van der Waals surface area (Å²) in [6.45, 7) is 9.01. The molecule has 0 saturated heterocycles. The van der Waals surface area contributed by atoms with Crippen molar-refractivity contribution >= 4 is 23.4 Å². The molecule has 0 fully saturated rings. The fraction of sp³-hybridized carbons (Fsp3) is 0.316. The highest BCUT2D eigenvalue weighted by molar-refractivity contribution is 6.28. The summed E-state index contributed by atoms with van der Waals surface area (Å²) in [5.74, 6) is -0.298. The third-order valence-electron chi connectivity index (χ3n) is 3.43. The van der Waals surface area contributed by atoms with Crippen molar-refractivity contribution in [3.63, 3.8) is 0 Å². The van der Waals surface area contributed by atoms with Crippen molar-refractivity contribution in [3.05, 3.63) is 47.6 Å². The number of aromatic nitrogens is 2. The Hall–Kier alpha value is -2.67. The van der Waals surface area contributed by atoms with E-state index in [4.69, 9.17) is 21.1 Å². The quantitative estimate of drug-likeness (QED) is 0.570. The van der Waals surface area contributed by atoms with Gasteiger partial charge in [-0.2, -0.15) is 0 Å². The molecule has 2 aromatic rings. The second kappa shape index (κ2) is 8.35. The van der Waals surface area contributed by atoms with Crippen LogP contribution in [-0.4, -0.2) is 28.8 Å². The number of rotatable bonds is 5. The monoisotopic (exact) mass is 393 g/mol. The number of hydrogen-bond acceptors (Lipinski definition) is 5. The molecule has 1 aromatic heterocycles. The number of carbonyl (C=O) groups excluding carboxylic acids is 1. The molecule has 0 aliphatic heterocycles. The van der Waals surface area contributed by atoms with E-state index in [9.17, 15) is 9.18 Å². The number of nitrogens with one attached hydrogen (secondary N) is 1. The molecule has 144 valence electrons. The predicted octanol–water partition coefficient (Wildman–Crippen LogP) is 5.02. The molecule has 2 rings (SSSR count). The van der Waals surface area contributed by atoms with Gasteiger partial charge in [0.25, 0.3) is 0 Å². The van der Waals surface area contributed by atoms with Gasteiger partial charge in [-0.1, -0.05) is 6.08 Å². The number of hydrogen-bond donors (Lipinski definition) is 1. The average Bonchev–Trinajstić information content (AvgIpc) is 2.57. The number of ether oxygens (including phenoxy) is 2. The maximum Gasteiger partial charge on any atom is 0.412 e. The summed E-state index contributed by atoms with van der Waals surface area (Å²) < 4.78 is 25.1. The van der Waals surface area contributed by atoms with Crippen molar-refractivity contribution in [1.29, 1.82) is 0 Å². The Morgan fingerprint density at radius 2 is 2.11 bits per heavy atom. The van der Waals surface area contributed by atoms with E-state index >= 15 is 0 Å². The number of allylic oxidation sites excluding steroid dienone is 1. The van der Waals surface area contributed by atoms with Gasteiger partial charge in [-0.05, 0) is 56.5 Å². The summed E-state index contributed by atoms with van der Waals surface area (Å²) >= 11 is 5.85. The van der Waals surface area contributed by atoms with Crippen molar-refractivity contribution in [2.45, 2.75) is 32.8 Å². The van der Waals surface area contributed by atoms with E-state index in [1.807, 2.05) is 0 Å². The topological polar surface area (TPSA) is 73.3 Å². The summed E-state index contributed by atoms with van der Waals surface area (Å²) in [5, 5.41) is 2.58. The Bertz CT molecular complexity index is 866. The third-order valence-corrected chi connectivity index (χ3v) is 3.61. The van der Waals surface area contributed by atoms with Crippen LogP contribution in [0.15, 0.2) is 31.0 Å². The van der Waals surface area contributed by atoms with E-state index < -0.39 is 17.5 Å². The molecular weight excluding hydrogens is 373 g/mol. The summed E-state index contributed by atoms with van der Waals surface area (Å²) in [6, 6.07) is 3.25. The SMILES string of the molecule is C=CCc1c(NC(=O)OC(C)(C)C)ccc(OC)c1-c1nc(Cl)ncc1F. The van der Waals surface area contributed by atoms with E-state index in [1.165, 1.54) is 7.11 Å². The molecule has 6 nitrogen and oxygen atoms in total. The minimum absolute atomic E-state index is 0.0310. The van der Waals surface area contributed by atoms with Gasteiger partial charge in [0.15, 0.2) is 5.82 Å². The number of nitrogens with zero attached hydrogens (tertiary/aromatic N) is 2. The normalized spacial score (nSPS) is 11.0. The standard InChI is InChI=1S/C19H21ClFN3O3/c1-6-7-11-13(23-18(25)27-19(2,3)4)8-9-14(26-5)15(11)16-12(21)10-22-17(20)24-16/h6,8-10H,1,7H2,2-5H3,(H,23,25). The Morgan fingerprint density at radius 1 is 1.41 bits per heavy atom. The summed E-state index contributed by atoms with van der Waals surface area (Å²) in [7, 11) is 1.46. The lowest BCUT2D eigenvalue weighted by molar-refractivity contribution is 0.0636. The van der Waals surface area contributed by atoms with Gasteiger partial charge in [0.1, 0.15) is 17.0 Å². The minimum Gasteiger partial charge on any atom is -0.496 e. The zero-order chi connectivity index (χ0) is 20.2. The van der Waals surface area contributed by atoms with E-state index in [1.54, 1.807) is 39.0 Å². The van der Waals surface area contributed by atoms with Gasteiger partial charge >= 0.3 is 6.09 Å². The fourth-order valence-corrected chi connectivity index (χ4v) is 2.60. The smallest absolute Gasteiger partial charge is 0.412 e. The van der Waals surface area contributed by atoms with Crippen LogP contribution in [0.5, 0.6) is 5.75 Å². The van der Waals surface area contributed by atoms with E-state index in [0.717, 1.165) is 6.20 Å². The van der Waals surface area contributed by atoms with Crippen LogP contribution in [0.4, 0.5) is 14.9 Å². The summed E-state index contributed by atoms with van der Waals surface area (Å²) in [6.07, 6.45) is 2.29. The van der Waals surface area contributed by atoms with Crippen LogP contribution in [0.2, 0.25) is 5.28 Å². The Morgan fingerprint density at radius 3 is 2.70 bits per heavy atom.